The van der Waals surface area contributed by atoms with Gasteiger partial charge in [0.1, 0.15) is 0 Å². The maximum Gasteiger partial charge on any atom is 0.340 e. The number of ether oxygens (including phenoxy) is 1. The first-order valence-electron chi connectivity index (χ1n) is 7.34. The summed E-state index contributed by atoms with van der Waals surface area (Å²) in [6.07, 6.45) is -1.15. The molecule has 0 saturated heterocycles. The van der Waals surface area contributed by atoms with Gasteiger partial charge in [-0.15, -0.1) is 0 Å². The molecule has 0 aliphatic heterocycles. The van der Waals surface area contributed by atoms with Crippen LogP contribution < -0.4 is 5.73 Å². The summed E-state index contributed by atoms with van der Waals surface area (Å²) < 4.78 is 4.91. The first-order chi connectivity index (χ1) is 11.8. The molecule has 0 fully saturated rings. The van der Waals surface area contributed by atoms with E-state index in [0.29, 0.717) is 0 Å². The number of benzene rings is 2. The maximum absolute atomic E-state index is 12.7. The van der Waals surface area contributed by atoms with Crippen molar-refractivity contribution in [2.24, 2.45) is 5.73 Å². The van der Waals surface area contributed by atoms with Crippen molar-refractivity contribution >= 4 is 35.0 Å². The van der Waals surface area contributed by atoms with Crippen molar-refractivity contribution < 1.29 is 23.9 Å². The van der Waals surface area contributed by atoms with Crippen molar-refractivity contribution in [2.45, 2.75) is 13.0 Å². The molecule has 0 aromatic heterocycles. The van der Waals surface area contributed by atoms with Gasteiger partial charge in [0, 0.05) is 16.7 Å². The van der Waals surface area contributed by atoms with Gasteiger partial charge >= 0.3 is 5.97 Å². The summed E-state index contributed by atoms with van der Waals surface area (Å²) >= 11 is 6.22. The van der Waals surface area contributed by atoms with E-state index in [4.69, 9.17) is 22.1 Å². The van der Waals surface area contributed by atoms with Crippen molar-refractivity contribution in [3.63, 3.8) is 0 Å². The zero-order valence-corrected chi connectivity index (χ0v) is 13.8. The SMILES string of the molecule is C[C@H](OC(=O)c1ccc2c(c1Cl)C(=O)c1ccccc1C2=O)C(N)=O. The zero-order chi connectivity index (χ0) is 18.3. The standard InChI is InChI=1S/C18H12ClNO5/c1-8(17(20)23)25-18(24)12-7-6-11-13(14(12)19)16(22)10-5-3-2-4-9(10)15(11)21/h2-8H,1H3,(H2,20,23)/t8-/m0/s1. The Labute approximate surface area is 147 Å². The largest absolute Gasteiger partial charge is 0.449 e. The van der Waals surface area contributed by atoms with Crippen LogP contribution in [0.25, 0.3) is 0 Å². The van der Waals surface area contributed by atoms with E-state index in [0.717, 1.165) is 0 Å². The number of esters is 1. The highest BCUT2D eigenvalue weighted by Gasteiger charge is 2.33. The Bertz CT molecular complexity index is 950. The van der Waals surface area contributed by atoms with E-state index in [1.54, 1.807) is 18.2 Å². The highest BCUT2D eigenvalue weighted by atomic mass is 35.5. The Morgan fingerprint density at radius 1 is 1.00 bits per heavy atom. The first-order valence-corrected chi connectivity index (χ1v) is 7.72. The monoisotopic (exact) mass is 357 g/mol. The van der Waals surface area contributed by atoms with Crippen LogP contribution in [0.4, 0.5) is 0 Å². The third-order valence-electron chi connectivity index (χ3n) is 3.93. The predicted molar refractivity (Wildman–Crippen MR) is 88.8 cm³/mol. The number of carbonyl (C=O) groups is 4. The quantitative estimate of drug-likeness (QED) is 0.723. The van der Waals surface area contributed by atoms with Gasteiger partial charge in [-0.05, 0) is 19.1 Å². The normalized spacial score (nSPS) is 13.7. The number of carbonyl (C=O) groups excluding carboxylic acids is 4. The molecule has 126 valence electrons. The number of nitrogens with two attached hydrogens (primary N) is 1. The number of halogens is 1. The number of amides is 1. The maximum atomic E-state index is 12.7. The summed E-state index contributed by atoms with van der Waals surface area (Å²) in [6.45, 7) is 1.32. The highest BCUT2D eigenvalue weighted by Crippen LogP contribution is 2.34. The fraction of sp³-hybridized carbons (Fsp3) is 0.111. The van der Waals surface area contributed by atoms with Crippen LogP contribution in [0.15, 0.2) is 36.4 Å². The molecular formula is C18H12ClNO5. The van der Waals surface area contributed by atoms with Crippen LogP contribution in [-0.4, -0.2) is 29.5 Å². The summed E-state index contributed by atoms with van der Waals surface area (Å²) in [7, 11) is 0. The minimum Gasteiger partial charge on any atom is -0.449 e. The second-order valence-electron chi connectivity index (χ2n) is 5.50. The van der Waals surface area contributed by atoms with E-state index in [1.807, 2.05) is 0 Å². The Morgan fingerprint density at radius 3 is 2.20 bits per heavy atom. The van der Waals surface area contributed by atoms with Crippen LogP contribution >= 0.6 is 11.6 Å². The second-order valence-corrected chi connectivity index (χ2v) is 5.88. The lowest BCUT2D eigenvalue weighted by Crippen LogP contribution is -2.31. The highest BCUT2D eigenvalue weighted by molar-refractivity contribution is 6.41. The van der Waals surface area contributed by atoms with Gasteiger partial charge in [0.2, 0.25) is 0 Å². The fourth-order valence-electron chi connectivity index (χ4n) is 2.59. The van der Waals surface area contributed by atoms with E-state index in [-0.39, 0.29) is 38.6 Å². The third kappa shape index (κ3) is 2.70. The third-order valence-corrected chi connectivity index (χ3v) is 4.33. The van der Waals surface area contributed by atoms with Crippen LogP contribution in [0.2, 0.25) is 5.02 Å². The Kier molecular flexibility index (Phi) is 4.14. The summed E-state index contributed by atoms with van der Waals surface area (Å²) in [5.74, 6) is -2.52. The van der Waals surface area contributed by atoms with Gasteiger partial charge in [0.25, 0.3) is 5.91 Å². The summed E-state index contributed by atoms with van der Waals surface area (Å²) in [6, 6.07) is 9.01. The van der Waals surface area contributed by atoms with Gasteiger partial charge in [-0.1, -0.05) is 35.9 Å². The molecule has 0 radical (unpaired) electrons. The lowest BCUT2D eigenvalue weighted by molar-refractivity contribution is -0.125. The van der Waals surface area contributed by atoms with Crippen LogP contribution in [0.3, 0.4) is 0 Å². The number of rotatable bonds is 3. The van der Waals surface area contributed by atoms with Crippen LogP contribution in [0.1, 0.15) is 49.1 Å². The van der Waals surface area contributed by atoms with Gasteiger partial charge < -0.3 is 10.5 Å². The lowest BCUT2D eigenvalue weighted by atomic mass is 9.83. The molecule has 2 aromatic carbocycles. The van der Waals surface area contributed by atoms with Gasteiger partial charge in [-0.25, -0.2) is 4.79 Å². The zero-order valence-electron chi connectivity index (χ0n) is 13.0. The molecule has 3 rings (SSSR count). The molecule has 1 aliphatic rings. The Morgan fingerprint density at radius 2 is 1.60 bits per heavy atom. The Balaban J connectivity index is 2.08. The average molecular weight is 358 g/mol. The molecule has 6 nitrogen and oxygen atoms in total. The molecular weight excluding hydrogens is 346 g/mol. The molecule has 0 spiro atoms. The molecule has 1 atom stereocenters. The molecule has 1 amide bonds. The summed E-state index contributed by atoms with van der Waals surface area (Å²) in [5, 5.41) is -0.188. The van der Waals surface area contributed by atoms with Crippen molar-refractivity contribution in [2.75, 3.05) is 0 Å². The molecule has 0 saturated carbocycles. The minimum atomic E-state index is -1.15. The molecule has 0 heterocycles. The van der Waals surface area contributed by atoms with Crippen molar-refractivity contribution in [3.05, 3.63) is 69.2 Å². The van der Waals surface area contributed by atoms with E-state index in [1.165, 1.54) is 25.1 Å². The smallest absolute Gasteiger partial charge is 0.340 e. The Hall–Kier alpha value is -2.99. The van der Waals surface area contributed by atoms with Crippen LogP contribution in [0, 0.1) is 0 Å². The number of ketones is 2. The van der Waals surface area contributed by atoms with E-state index in [2.05, 4.69) is 0 Å². The van der Waals surface area contributed by atoms with Gasteiger partial charge in [-0.3, -0.25) is 14.4 Å². The van der Waals surface area contributed by atoms with Crippen LogP contribution in [0.5, 0.6) is 0 Å². The topological polar surface area (TPSA) is 104 Å². The number of hydrogen-bond acceptors (Lipinski definition) is 5. The van der Waals surface area contributed by atoms with Crippen molar-refractivity contribution in [3.8, 4) is 0 Å². The fourth-order valence-corrected chi connectivity index (χ4v) is 2.91. The van der Waals surface area contributed by atoms with Crippen molar-refractivity contribution in [1.29, 1.82) is 0 Å². The van der Waals surface area contributed by atoms with E-state index >= 15 is 0 Å². The summed E-state index contributed by atoms with van der Waals surface area (Å²) in [4.78, 5) is 48.5. The summed E-state index contributed by atoms with van der Waals surface area (Å²) in [5.41, 5.74) is 5.52. The molecule has 0 bridgehead atoms. The van der Waals surface area contributed by atoms with Gasteiger partial charge in [-0.2, -0.15) is 0 Å². The molecule has 2 aromatic rings. The molecule has 0 unspecified atom stereocenters. The lowest BCUT2D eigenvalue weighted by Gasteiger charge is -2.19. The first kappa shape index (κ1) is 16.9. The average Bonchev–Trinajstić information content (AvgIpc) is 2.59. The van der Waals surface area contributed by atoms with Gasteiger partial charge in [0.05, 0.1) is 16.1 Å². The van der Waals surface area contributed by atoms with Gasteiger partial charge in [0.15, 0.2) is 17.7 Å². The molecule has 7 heteroatoms. The van der Waals surface area contributed by atoms with Crippen LogP contribution in [-0.2, 0) is 9.53 Å². The number of fused-ring (bicyclic) bond motifs is 2. The second kappa shape index (κ2) is 6.14. The predicted octanol–water partition coefficient (Wildman–Crippen LogP) is 2.15. The molecule has 1 aliphatic carbocycles. The number of primary amides is 1. The molecule has 25 heavy (non-hydrogen) atoms. The minimum absolute atomic E-state index is 0.0495. The molecule has 2 N–H and O–H groups in total. The van der Waals surface area contributed by atoms with Crippen molar-refractivity contribution in [1.82, 2.24) is 0 Å². The van der Waals surface area contributed by atoms with E-state index < -0.39 is 23.8 Å². The van der Waals surface area contributed by atoms with E-state index in [9.17, 15) is 19.2 Å². The number of hydrogen-bond donors (Lipinski definition) is 1.